The molecule has 1 aromatic carbocycles. The quantitative estimate of drug-likeness (QED) is 0.332. The highest BCUT2D eigenvalue weighted by Gasteiger charge is 2.31. The van der Waals surface area contributed by atoms with Crippen molar-refractivity contribution in [3.8, 4) is 23.3 Å². The lowest BCUT2D eigenvalue weighted by Gasteiger charge is -2.23. The normalized spacial score (nSPS) is 16.2. The summed E-state index contributed by atoms with van der Waals surface area (Å²) in [7, 11) is 5.58. The molecule has 0 spiro atoms. The number of ether oxygens (including phenoxy) is 3. The zero-order chi connectivity index (χ0) is 26.7. The van der Waals surface area contributed by atoms with Crippen molar-refractivity contribution < 1.29 is 24.1 Å². The molecule has 0 atom stereocenters. The van der Waals surface area contributed by atoms with Gasteiger partial charge in [-0.25, -0.2) is 4.98 Å². The van der Waals surface area contributed by atoms with Crippen LogP contribution >= 0.6 is 0 Å². The van der Waals surface area contributed by atoms with Gasteiger partial charge in [0.1, 0.15) is 6.29 Å². The van der Waals surface area contributed by atoms with Crippen LogP contribution in [0.5, 0.6) is 11.5 Å². The third kappa shape index (κ3) is 5.49. The fraction of sp³-hybridized carbons (Fsp3) is 0.448. The topological polar surface area (TPSA) is 84.4 Å². The molecule has 1 N–H and O–H groups in total. The molecule has 0 radical (unpaired) electrons. The summed E-state index contributed by atoms with van der Waals surface area (Å²) in [5, 5.41) is 11.8. The lowest BCUT2D eigenvalue weighted by Crippen LogP contribution is -2.25. The molecule has 4 rings (SSSR count). The number of carbonyl (C=O) groups excluding carboxylic acids is 1. The van der Waals surface area contributed by atoms with Crippen LogP contribution in [0.2, 0.25) is 0 Å². The summed E-state index contributed by atoms with van der Waals surface area (Å²) < 4.78 is 16.5. The number of rotatable bonds is 8. The number of benzene rings is 1. The molecule has 0 saturated carbocycles. The Hall–Kier alpha value is -3.38. The van der Waals surface area contributed by atoms with E-state index in [0.717, 1.165) is 59.2 Å². The maximum Gasteiger partial charge on any atom is 0.231 e. The van der Waals surface area contributed by atoms with E-state index in [9.17, 15) is 9.90 Å². The second-order valence-electron chi connectivity index (χ2n) is 9.92. The Morgan fingerprint density at radius 2 is 2.05 bits per heavy atom. The maximum atomic E-state index is 11.9. The summed E-state index contributed by atoms with van der Waals surface area (Å²) in [5.74, 6) is 8.13. The van der Waals surface area contributed by atoms with E-state index < -0.39 is 5.60 Å². The van der Waals surface area contributed by atoms with Gasteiger partial charge in [-0.05, 0) is 45.2 Å². The average Bonchev–Trinajstić information content (AvgIpc) is 3.44. The van der Waals surface area contributed by atoms with Gasteiger partial charge in [0.2, 0.25) is 6.79 Å². The van der Waals surface area contributed by atoms with E-state index in [1.165, 1.54) is 7.11 Å². The van der Waals surface area contributed by atoms with Gasteiger partial charge < -0.3 is 29.1 Å². The van der Waals surface area contributed by atoms with E-state index in [4.69, 9.17) is 19.2 Å². The zero-order valence-corrected chi connectivity index (χ0v) is 22.5. The van der Waals surface area contributed by atoms with Gasteiger partial charge in [-0.2, -0.15) is 0 Å². The molecule has 8 heteroatoms. The van der Waals surface area contributed by atoms with E-state index in [1.54, 1.807) is 13.8 Å². The molecule has 2 aliphatic rings. The average molecular weight is 506 g/mol. The fourth-order valence-electron chi connectivity index (χ4n) is 4.57. The van der Waals surface area contributed by atoms with Crippen molar-refractivity contribution in [1.82, 2.24) is 14.8 Å². The monoisotopic (exact) mass is 505 g/mol. The van der Waals surface area contributed by atoms with E-state index in [2.05, 4.69) is 35.6 Å². The van der Waals surface area contributed by atoms with Crippen LogP contribution in [0.3, 0.4) is 0 Å². The van der Waals surface area contributed by atoms with Crippen LogP contribution in [0.25, 0.3) is 16.6 Å². The fourth-order valence-corrected chi connectivity index (χ4v) is 4.57. The van der Waals surface area contributed by atoms with Gasteiger partial charge in [-0.15, -0.1) is 0 Å². The van der Waals surface area contributed by atoms with Crippen LogP contribution in [0.4, 0.5) is 0 Å². The molecule has 0 amide bonds. The van der Waals surface area contributed by atoms with Crippen molar-refractivity contribution in [2.75, 3.05) is 47.7 Å². The summed E-state index contributed by atoms with van der Waals surface area (Å²) in [5.41, 5.74) is 3.85. The molecule has 2 aromatic rings. The van der Waals surface area contributed by atoms with Gasteiger partial charge in [0, 0.05) is 61.8 Å². The second-order valence-corrected chi connectivity index (χ2v) is 9.92. The van der Waals surface area contributed by atoms with E-state index in [0.29, 0.717) is 29.2 Å². The van der Waals surface area contributed by atoms with Gasteiger partial charge in [-0.3, -0.25) is 4.79 Å². The number of hydrogen-bond donors (Lipinski definition) is 1. The van der Waals surface area contributed by atoms with Crippen LogP contribution in [0, 0.1) is 11.8 Å². The zero-order valence-electron chi connectivity index (χ0n) is 22.5. The highest BCUT2D eigenvalue weighted by molar-refractivity contribution is 5.93. The Labute approximate surface area is 218 Å². The Balaban J connectivity index is 1.92. The van der Waals surface area contributed by atoms with E-state index in [-0.39, 0.29) is 13.4 Å². The summed E-state index contributed by atoms with van der Waals surface area (Å²) in [6.07, 6.45) is 3.33. The van der Waals surface area contributed by atoms with Crippen molar-refractivity contribution in [3.63, 3.8) is 0 Å². The minimum Gasteiger partial charge on any atom is -0.454 e. The predicted molar refractivity (Wildman–Crippen MR) is 143 cm³/mol. The van der Waals surface area contributed by atoms with Crippen molar-refractivity contribution in [2.24, 2.45) is 0 Å². The van der Waals surface area contributed by atoms with Crippen LogP contribution in [-0.2, 0) is 16.1 Å². The van der Waals surface area contributed by atoms with Crippen molar-refractivity contribution in [1.29, 1.82) is 0 Å². The highest BCUT2D eigenvalue weighted by Crippen LogP contribution is 2.41. The molecule has 0 saturated heterocycles. The molecule has 196 valence electrons. The smallest absolute Gasteiger partial charge is 0.231 e. The maximum absolute atomic E-state index is 11.9. The molecule has 3 heterocycles. The Kier molecular flexibility index (Phi) is 7.88. The molecule has 37 heavy (non-hydrogen) atoms. The van der Waals surface area contributed by atoms with Gasteiger partial charge >= 0.3 is 0 Å². The van der Waals surface area contributed by atoms with Crippen LogP contribution < -0.4 is 9.47 Å². The minimum atomic E-state index is -1.26. The number of hydrogen-bond acceptors (Lipinski definition) is 8. The van der Waals surface area contributed by atoms with Crippen molar-refractivity contribution in [2.45, 2.75) is 39.3 Å². The first kappa shape index (κ1) is 26.7. The number of carbonyl (C=O) groups is 1. The number of fused-ring (bicyclic) bond motifs is 3. The first-order valence-electron chi connectivity index (χ1n) is 12.4. The molecule has 1 aromatic heterocycles. The number of aldehydes is 1. The Morgan fingerprint density at radius 3 is 2.70 bits per heavy atom. The van der Waals surface area contributed by atoms with Crippen LogP contribution in [-0.4, -0.2) is 79.5 Å². The SMILES string of the molecule is CCN(C)CCC#Cc1c2c(nc3cc4c(cc13)OCO4)/C(=C/C(=C(\C=O)COC)C(C)(C)O)N(C)C2. The second kappa shape index (κ2) is 10.9. The van der Waals surface area contributed by atoms with Gasteiger partial charge in [0.15, 0.2) is 11.5 Å². The largest absolute Gasteiger partial charge is 0.454 e. The summed E-state index contributed by atoms with van der Waals surface area (Å²) >= 11 is 0. The van der Waals surface area contributed by atoms with E-state index >= 15 is 0 Å². The summed E-state index contributed by atoms with van der Waals surface area (Å²) in [4.78, 5) is 21.2. The first-order valence-corrected chi connectivity index (χ1v) is 12.4. The molecule has 0 aliphatic carbocycles. The van der Waals surface area contributed by atoms with Gasteiger partial charge in [0.25, 0.3) is 0 Å². The lowest BCUT2D eigenvalue weighted by molar-refractivity contribution is -0.105. The number of methoxy groups -OCH3 is 1. The van der Waals surface area contributed by atoms with E-state index in [1.807, 2.05) is 25.3 Å². The summed E-state index contributed by atoms with van der Waals surface area (Å²) in [6, 6.07) is 3.85. The molecular formula is C29H35N3O5. The number of pyridine rings is 1. The first-order chi connectivity index (χ1) is 17.7. The van der Waals surface area contributed by atoms with Gasteiger partial charge in [-0.1, -0.05) is 18.8 Å². The standard InChI is InChI=1S/C29H35N3O5/c1-7-31(4)11-9-8-10-20-21-12-26-27(37-18-36-26)14-24(21)30-28-22(20)15-32(5)25(28)13-23(29(2,3)34)19(16-33)17-35-6/h12-14,16,34H,7,9,11,15,17-18H2,1-6H3/b23-19-,25-13-. The Bertz CT molecular complexity index is 1330. The summed E-state index contributed by atoms with van der Waals surface area (Å²) in [6.45, 7) is 8.18. The van der Waals surface area contributed by atoms with Crippen LogP contribution in [0.1, 0.15) is 44.0 Å². The van der Waals surface area contributed by atoms with Crippen LogP contribution in [0.15, 0.2) is 29.4 Å². The predicted octanol–water partition coefficient (Wildman–Crippen LogP) is 3.36. The molecule has 2 aliphatic heterocycles. The van der Waals surface area contributed by atoms with Crippen molar-refractivity contribution in [3.05, 3.63) is 46.2 Å². The number of nitrogens with zero attached hydrogens (tertiary/aromatic N) is 3. The Morgan fingerprint density at radius 1 is 1.32 bits per heavy atom. The van der Waals surface area contributed by atoms with Gasteiger partial charge in [0.05, 0.1) is 29.1 Å². The highest BCUT2D eigenvalue weighted by atomic mass is 16.7. The van der Waals surface area contributed by atoms with Crippen molar-refractivity contribution >= 4 is 22.9 Å². The molecule has 0 unspecified atom stereocenters. The minimum absolute atomic E-state index is 0.0979. The molecule has 8 nitrogen and oxygen atoms in total. The molecular weight excluding hydrogens is 470 g/mol. The number of aromatic nitrogens is 1. The third-order valence-electron chi connectivity index (χ3n) is 6.73. The molecule has 0 bridgehead atoms. The molecule has 0 fully saturated rings. The lowest BCUT2D eigenvalue weighted by atomic mass is 9.92. The third-order valence-corrected chi connectivity index (χ3v) is 6.73. The number of aliphatic hydroxyl groups is 1.